The number of benzene rings is 1. The highest BCUT2D eigenvalue weighted by Gasteiger charge is 2.23. The minimum absolute atomic E-state index is 0. The van der Waals surface area contributed by atoms with Gasteiger partial charge in [0.25, 0.3) is 0 Å². The molecule has 3 rings (SSSR count). The van der Waals surface area contributed by atoms with Gasteiger partial charge in [-0.3, -0.25) is 9.89 Å². The Hall–Kier alpha value is -0.970. The number of aliphatic imine (C=N–C) groups is 1. The summed E-state index contributed by atoms with van der Waals surface area (Å²) in [6.45, 7) is 15.9. The summed E-state index contributed by atoms with van der Waals surface area (Å²) >= 11 is 0. The summed E-state index contributed by atoms with van der Waals surface area (Å²) in [5, 5.41) is 7.00. The number of rotatable bonds is 9. The highest BCUT2D eigenvalue weighted by molar-refractivity contribution is 14.0. The van der Waals surface area contributed by atoms with Gasteiger partial charge in [-0.2, -0.15) is 0 Å². The van der Waals surface area contributed by atoms with Crippen molar-refractivity contribution in [2.24, 2.45) is 16.8 Å². The van der Waals surface area contributed by atoms with Crippen LogP contribution in [0.2, 0.25) is 0 Å². The van der Waals surface area contributed by atoms with Crippen molar-refractivity contribution in [1.82, 2.24) is 20.4 Å². The van der Waals surface area contributed by atoms with Gasteiger partial charge in [0, 0.05) is 39.3 Å². The maximum atomic E-state index is 13.5. The van der Waals surface area contributed by atoms with Gasteiger partial charge in [-0.25, -0.2) is 4.39 Å². The van der Waals surface area contributed by atoms with Crippen LogP contribution in [-0.4, -0.2) is 81.3 Å². The fourth-order valence-electron chi connectivity index (χ4n) is 4.77. The molecule has 0 aliphatic carbocycles. The highest BCUT2D eigenvalue weighted by atomic mass is 127. The molecule has 2 atom stereocenters. The van der Waals surface area contributed by atoms with E-state index in [0.29, 0.717) is 18.4 Å². The minimum Gasteiger partial charge on any atom is -0.379 e. The van der Waals surface area contributed by atoms with Crippen LogP contribution in [-0.2, 0) is 4.74 Å². The van der Waals surface area contributed by atoms with E-state index in [2.05, 4.69) is 41.2 Å². The van der Waals surface area contributed by atoms with Crippen LogP contribution in [0, 0.1) is 17.7 Å². The van der Waals surface area contributed by atoms with E-state index >= 15 is 0 Å². The molecule has 0 saturated carbocycles. The Kier molecular flexibility index (Phi) is 12.9. The summed E-state index contributed by atoms with van der Waals surface area (Å²) in [5.74, 6) is 2.03. The summed E-state index contributed by atoms with van der Waals surface area (Å²) in [5.41, 5.74) is 1.10. The molecule has 2 unspecified atom stereocenters. The molecule has 8 heteroatoms. The van der Waals surface area contributed by atoms with E-state index in [9.17, 15) is 4.39 Å². The number of morpholine rings is 1. The maximum Gasteiger partial charge on any atom is 0.191 e. The lowest BCUT2D eigenvalue weighted by Crippen LogP contribution is -2.45. The predicted octanol–water partition coefficient (Wildman–Crippen LogP) is 3.74. The Morgan fingerprint density at radius 3 is 2.55 bits per heavy atom. The molecule has 2 saturated heterocycles. The minimum atomic E-state index is -0.202. The quantitative estimate of drug-likeness (QED) is 0.267. The maximum absolute atomic E-state index is 13.5. The van der Waals surface area contributed by atoms with Gasteiger partial charge in [-0.05, 0) is 55.8 Å². The summed E-state index contributed by atoms with van der Waals surface area (Å²) < 4.78 is 19.0. The molecule has 2 aliphatic heterocycles. The van der Waals surface area contributed by atoms with Crippen LogP contribution < -0.4 is 10.6 Å². The van der Waals surface area contributed by atoms with Crippen LogP contribution in [0.15, 0.2) is 29.3 Å². The third-order valence-corrected chi connectivity index (χ3v) is 6.29. The van der Waals surface area contributed by atoms with Crippen LogP contribution in [0.3, 0.4) is 0 Å². The molecule has 1 aromatic rings. The van der Waals surface area contributed by atoms with Gasteiger partial charge in [0.15, 0.2) is 5.96 Å². The summed E-state index contributed by atoms with van der Waals surface area (Å²) in [4.78, 5) is 9.95. The van der Waals surface area contributed by atoms with Crippen molar-refractivity contribution in [2.45, 2.75) is 39.7 Å². The molecule has 0 aromatic heterocycles. The number of likely N-dealkylation sites (tertiary alicyclic amines) is 1. The zero-order valence-corrected chi connectivity index (χ0v) is 22.9. The lowest BCUT2D eigenvalue weighted by molar-refractivity contribution is 0.0179. The predicted molar refractivity (Wildman–Crippen MR) is 145 cm³/mol. The van der Waals surface area contributed by atoms with Gasteiger partial charge < -0.3 is 20.3 Å². The average molecular weight is 576 g/mol. The van der Waals surface area contributed by atoms with Crippen molar-refractivity contribution >= 4 is 29.9 Å². The summed E-state index contributed by atoms with van der Waals surface area (Å²) in [7, 11) is 0. The molecule has 2 heterocycles. The molecular weight excluding hydrogens is 532 g/mol. The first-order chi connectivity index (χ1) is 15.5. The molecule has 2 fully saturated rings. The zero-order valence-electron chi connectivity index (χ0n) is 20.6. The van der Waals surface area contributed by atoms with E-state index < -0.39 is 0 Å². The molecule has 0 amide bonds. The number of hydrogen-bond donors (Lipinski definition) is 2. The molecule has 2 N–H and O–H groups in total. The van der Waals surface area contributed by atoms with Crippen molar-refractivity contribution in [2.75, 3.05) is 65.6 Å². The molecule has 0 bridgehead atoms. The molecule has 0 spiro atoms. The van der Waals surface area contributed by atoms with E-state index in [1.165, 1.54) is 25.9 Å². The summed E-state index contributed by atoms with van der Waals surface area (Å²) in [6.07, 6.45) is 2.55. The van der Waals surface area contributed by atoms with Gasteiger partial charge in [-0.1, -0.05) is 26.0 Å². The first kappa shape index (κ1) is 28.3. The lowest BCUT2D eigenvalue weighted by Gasteiger charge is -2.34. The number of hydrogen-bond acceptors (Lipinski definition) is 4. The number of ether oxygens (including phenoxy) is 1. The Labute approximate surface area is 216 Å². The standard InChI is InChI=1S/C25H42FN5O.HI/c1-4-27-25(28-16-21-6-5-11-30(19-21)18-20(2)3)29-17-24(31-12-14-32-15-13-31)22-7-9-23(26)10-8-22;/h7-10,20-21,24H,4-6,11-19H2,1-3H3,(H2,27,28,29);1H. The van der Waals surface area contributed by atoms with Crippen molar-refractivity contribution in [3.63, 3.8) is 0 Å². The normalized spacial score (nSPS) is 21.5. The monoisotopic (exact) mass is 575 g/mol. The fourth-order valence-corrected chi connectivity index (χ4v) is 4.77. The van der Waals surface area contributed by atoms with E-state index in [4.69, 9.17) is 9.73 Å². The second-order valence-electron chi connectivity index (χ2n) is 9.48. The molecule has 33 heavy (non-hydrogen) atoms. The molecular formula is C25H43FIN5O. The van der Waals surface area contributed by atoms with Crippen LogP contribution in [0.5, 0.6) is 0 Å². The zero-order chi connectivity index (χ0) is 22.8. The van der Waals surface area contributed by atoms with Crippen molar-refractivity contribution in [3.8, 4) is 0 Å². The highest BCUT2D eigenvalue weighted by Crippen LogP contribution is 2.23. The molecule has 6 nitrogen and oxygen atoms in total. The smallest absolute Gasteiger partial charge is 0.191 e. The third kappa shape index (κ3) is 9.66. The van der Waals surface area contributed by atoms with Crippen LogP contribution >= 0.6 is 24.0 Å². The molecule has 1 aromatic carbocycles. The van der Waals surface area contributed by atoms with Crippen LogP contribution in [0.1, 0.15) is 45.2 Å². The fraction of sp³-hybridized carbons (Fsp3) is 0.720. The second-order valence-corrected chi connectivity index (χ2v) is 9.48. The Morgan fingerprint density at radius 1 is 1.15 bits per heavy atom. The Balaban J connectivity index is 0.00000385. The van der Waals surface area contributed by atoms with Gasteiger partial charge in [0.05, 0.1) is 25.8 Å². The lowest BCUT2D eigenvalue weighted by atomic mass is 9.97. The van der Waals surface area contributed by atoms with Crippen molar-refractivity contribution in [1.29, 1.82) is 0 Å². The van der Waals surface area contributed by atoms with Crippen LogP contribution in [0.4, 0.5) is 4.39 Å². The third-order valence-electron chi connectivity index (χ3n) is 6.29. The van der Waals surface area contributed by atoms with Crippen LogP contribution in [0.25, 0.3) is 0 Å². The average Bonchev–Trinajstić information content (AvgIpc) is 2.79. The van der Waals surface area contributed by atoms with E-state index in [1.807, 2.05) is 12.1 Å². The molecule has 0 radical (unpaired) electrons. The second kappa shape index (κ2) is 15.1. The van der Waals surface area contributed by atoms with Crippen molar-refractivity contribution in [3.05, 3.63) is 35.6 Å². The summed E-state index contributed by atoms with van der Waals surface area (Å²) in [6, 6.07) is 6.98. The SMILES string of the molecule is CCNC(=NCC(c1ccc(F)cc1)N1CCOCC1)NCC1CCCN(CC(C)C)C1.I. The number of piperidine rings is 1. The Morgan fingerprint density at radius 2 is 1.88 bits per heavy atom. The number of guanidine groups is 1. The van der Waals surface area contributed by atoms with Gasteiger partial charge in [0.1, 0.15) is 5.82 Å². The first-order valence-corrected chi connectivity index (χ1v) is 12.4. The first-order valence-electron chi connectivity index (χ1n) is 12.4. The van der Waals surface area contributed by atoms with E-state index in [0.717, 1.165) is 57.5 Å². The molecule has 2 aliphatic rings. The van der Waals surface area contributed by atoms with Gasteiger partial charge in [-0.15, -0.1) is 24.0 Å². The van der Waals surface area contributed by atoms with E-state index in [1.54, 1.807) is 12.1 Å². The van der Waals surface area contributed by atoms with Gasteiger partial charge in [0.2, 0.25) is 0 Å². The van der Waals surface area contributed by atoms with E-state index in [-0.39, 0.29) is 35.8 Å². The number of halogens is 2. The Bertz CT molecular complexity index is 697. The van der Waals surface area contributed by atoms with Gasteiger partial charge >= 0.3 is 0 Å². The van der Waals surface area contributed by atoms with Crippen molar-refractivity contribution < 1.29 is 9.13 Å². The number of nitrogens with one attached hydrogen (secondary N) is 2. The number of nitrogens with zero attached hydrogens (tertiary/aromatic N) is 3. The topological polar surface area (TPSA) is 52.1 Å². The largest absolute Gasteiger partial charge is 0.379 e. The molecule has 188 valence electrons.